The molecular weight excluding hydrogens is 224 g/mol. The summed E-state index contributed by atoms with van der Waals surface area (Å²) in [5, 5.41) is 3.24. The zero-order valence-electron chi connectivity index (χ0n) is 12.5. The van der Waals surface area contributed by atoms with E-state index < -0.39 is 0 Å². The van der Waals surface area contributed by atoms with Gasteiger partial charge in [0, 0.05) is 31.9 Å². The second kappa shape index (κ2) is 6.03. The minimum Gasteiger partial charge on any atom is -0.359 e. The zero-order chi connectivity index (χ0) is 13.8. The molecule has 0 amide bonds. The Morgan fingerprint density at radius 2 is 1.94 bits per heavy atom. The summed E-state index contributed by atoms with van der Waals surface area (Å²) >= 11 is 0. The lowest BCUT2D eigenvalue weighted by atomic mass is 9.96. The molecule has 1 aromatic heterocycles. The van der Waals surface area contributed by atoms with E-state index in [0.29, 0.717) is 0 Å². The van der Waals surface area contributed by atoms with Crippen LogP contribution in [-0.2, 0) is 0 Å². The van der Waals surface area contributed by atoms with E-state index in [1.165, 1.54) is 0 Å². The third-order valence-corrected chi connectivity index (χ3v) is 2.48. The molecule has 1 heterocycles. The lowest BCUT2D eigenvalue weighted by Crippen LogP contribution is -2.30. The number of rotatable bonds is 5. The monoisotopic (exact) mass is 250 g/mol. The molecule has 0 aliphatic heterocycles. The Kier molecular flexibility index (Phi) is 4.93. The first-order valence-corrected chi connectivity index (χ1v) is 6.62. The maximum Gasteiger partial charge on any atom is 0.224 e. The van der Waals surface area contributed by atoms with Crippen LogP contribution in [-0.4, -0.2) is 30.1 Å². The summed E-state index contributed by atoms with van der Waals surface area (Å²) in [6.45, 7) is 12.7. The zero-order valence-corrected chi connectivity index (χ0v) is 12.5. The molecule has 1 rings (SSSR count). The van der Waals surface area contributed by atoms with Crippen molar-refractivity contribution in [2.75, 3.05) is 30.4 Å². The maximum absolute atomic E-state index is 4.56. The molecule has 0 saturated heterocycles. The van der Waals surface area contributed by atoms with Gasteiger partial charge in [0.2, 0.25) is 5.95 Å². The van der Waals surface area contributed by atoms with Crippen molar-refractivity contribution < 1.29 is 0 Å². The molecule has 0 aromatic carbocycles. The van der Waals surface area contributed by atoms with Crippen LogP contribution in [0.25, 0.3) is 0 Å². The number of hydrogen-bond donors (Lipinski definition) is 1. The summed E-state index contributed by atoms with van der Waals surface area (Å²) in [5.74, 6) is 1.71. The Bertz CT molecular complexity index is 382. The highest BCUT2D eigenvalue weighted by Gasteiger charge is 2.15. The van der Waals surface area contributed by atoms with Crippen LogP contribution in [0.3, 0.4) is 0 Å². The average Bonchev–Trinajstić information content (AvgIpc) is 2.23. The van der Waals surface area contributed by atoms with Gasteiger partial charge in [-0.3, -0.25) is 0 Å². The van der Waals surface area contributed by atoms with Crippen LogP contribution in [0, 0.1) is 12.3 Å². The first-order valence-electron chi connectivity index (χ1n) is 6.62. The predicted molar refractivity (Wildman–Crippen MR) is 78.3 cm³/mol. The molecule has 0 fully saturated rings. The van der Waals surface area contributed by atoms with Gasteiger partial charge >= 0.3 is 0 Å². The van der Waals surface area contributed by atoms with E-state index in [0.717, 1.165) is 37.0 Å². The van der Waals surface area contributed by atoms with E-state index in [1.807, 2.05) is 13.0 Å². The van der Waals surface area contributed by atoms with Crippen molar-refractivity contribution >= 4 is 11.8 Å². The summed E-state index contributed by atoms with van der Waals surface area (Å²) in [4.78, 5) is 11.1. The van der Waals surface area contributed by atoms with Crippen molar-refractivity contribution in [2.45, 2.75) is 41.0 Å². The summed E-state index contributed by atoms with van der Waals surface area (Å²) in [5.41, 5.74) is 1.25. The molecule has 0 unspecified atom stereocenters. The molecule has 0 aliphatic carbocycles. The fourth-order valence-corrected chi connectivity index (χ4v) is 1.86. The summed E-state index contributed by atoms with van der Waals surface area (Å²) in [6, 6.07) is 2.03. The van der Waals surface area contributed by atoms with Crippen LogP contribution in [0.4, 0.5) is 11.8 Å². The van der Waals surface area contributed by atoms with Gasteiger partial charge < -0.3 is 10.2 Å². The van der Waals surface area contributed by atoms with Crippen LogP contribution in [0.5, 0.6) is 0 Å². The number of hydrogen-bond acceptors (Lipinski definition) is 4. The minimum atomic E-state index is 0.255. The Morgan fingerprint density at radius 3 is 2.50 bits per heavy atom. The molecule has 0 radical (unpaired) electrons. The Morgan fingerprint density at radius 1 is 1.28 bits per heavy atom. The van der Waals surface area contributed by atoms with Crippen molar-refractivity contribution in [3.63, 3.8) is 0 Å². The molecule has 0 spiro atoms. The normalized spacial score (nSPS) is 11.4. The molecule has 4 heteroatoms. The summed E-state index contributed by atoms with van der Waals surface area (Å²) in [6.07, 6.45) is 1.07. The number of nitrogens with zero attached hydrogens (tertiary/aromatic N) is 3. The van der Waals surface area contributed by atoms with Gasteiger partial charge in [-0.05, 0) is 18.8 Å². The van der Waals surface area contributed by atoms with E-state index in [2.05, 4.69) is 54.9 Å². The lowest BCUT2D eigenvalue weighted by Gasteiger charge is -2.27. The van der Waals surface area contributed by atoms with E-state index in [-0.39, 0.29) is 5.41 Å². The number of aryl methyl sites for hydroxylation is 1. The highest BCUT2D eigenvalue weighted by molar-refractivity contribution is 5.44. The summed E-state index contributed by atoms with van der Waals surface area (Å²) in [7, 11) is 2.08. The second-order valence-corrected chi connectivity index (χ2v) is 6.03. The maximum atomic E-state index is 4.56. The predicted octanol–water partition coefficient (Wildman–Crippen LogP) is 3.09. The molecule has 0 bridgehead atoms. The van der Waals surface area contributed by atoms with Gasteiger partial charge in [-0.1, -0.05) is 27.7 Å². The van der Waals surface area contributed by atoms with Crippen molar-refractivity contribution in [2.24, 2.45) is 5.41 Å². The molecule has 4 nitrogen and oxygen atoms in total. The van der Waals surface area contributed by atoms with E-state index in [1.54, 1.807) is 0 Å². The fraction of sp³-hybridized carbons (Fsp3) is 0.714. The molecule has 102 valence electrons. The molecule has 0 aliphatic rings. The molecular formula is C14H26N4. The third kappa shape index (κ3) is 4.90. The molecule has 1 aromatic rings. The minimum absolute atomic E-state index is 0.255. The lowest BCUT2D eigenvalue weighted by molar-refractivity contribution is 0.417. The average molecular weight is 250 g/mol. The second-order valence-electron chi connectivity index (χ2n) is 6.03. The Labute approximate surface area is 111 Å². The van der Waals surface area contributed by atoms with Gasteiger partial charge in [-0.15, -0.1) is 0 Å². The molecule has 0 saturated carbocycles. The molecule has 0 atom stereocenters. The molecule has 1 N–H and O–H groups in total. The standard InChI is InChI=1S/C14H26N4/c1-7-8-15-13-16-11(2)9-12(17-13)18(6)10-14(3,4)5/h9H,7-8,10H2,1-6H3,(H,15,16,17). The first-order chi connectivity index (χ1) is 8.31. The third-order valence-electron chi connectivity index (χ3n) is 2.48. The van der Waals surface area contributed by atoms with Crippen molar-refractivity contribution in [1.82, 2.24) is 9.97 Å². The van der Waals surface area contributed by atoms with Crippen molar-refractivity contribution in [1.29, 1.82) is 0 Å². The number of anilines is 2. The van der Waals surface area contributed by atoms with E-state index in [4.69, 9.17) is 0 Å². The van der Waals surface area contributed by atoms with Gasteiger partial charge in [-0.25, -0.2) is 4.98 Å². The SMILES string of the molecule is CCCNc1nc(C)cc(N(C)CC(C)(C)C)n1. The number of aromatic nitrogens is 2. The van der Waals surface area contributed by atoms with Crippen LogP contribution in [0.2, 0.25) is 0 Å². The Balaban J connectivity index is 2.84. The first kappa shape index (κ1) is 14.7. The quantitative estimate of drug-likeness (QED) is 0.872. The van der Waals surface area contributed by atoms with Crippen molar-refractivity contribution in [3.05, 3.63) is 11.8 Å². The van der Waals surface area contributed by atoms with Gasteiger partial charge in [0.25, 0.3) is 0 Å². The fourth-order valence-electron chi connectivity index (χ4n) is 1.86. The van der Waals surface area contributed by atoms with E-state index >= 15 is 0 Å². The van der Waals surface area contributed by atoms with Gasteiger partial charge in [0.15, 0.2) is 0 Å². The highest BCUT2D eigenvalue weighted by Crippen LogP contribution is 2.20. The van der Waals surface area contributed by atoms with Crippen LogP contribution in [0.15, 0.2) is 6.07 Å². The van der Waals surface area contributed by atoms with Crippen LogP contribution >= 0.6 is 0 Å². The number of nitrogens with one attached hydrogen (secondary N) is 1. The smallest absolute Gasteiger partial charge is 0.224 e. The van der Waals surface area contributed by atoms with Gasteiger partial charge in [0.1, 0.15) is 5.82 Å². The van der Waals surface area contributed by atoms with Crippen molar-refractivity contribution in [3.8, 4) is 0 Å². The Hall–Kier alpha value is -1.32. The van der Waals surface area contributed by atoms with E-state index in [9.17, 15) is 0 Å². The highest BCUT2D eigenvalue weighted by atomic mass is 15.2. The largest absolute Gasteiger partial charge is 0.359 e. The van der Waals surface area contributed by atoms with Gasteiger partial charge in [0.05, 0.1) is 0 Å². The van der Waals surface area contributed by atoms with Crippen LogP contribution < -0.4 is 10.2 Å². The summed E-state index contributed by atoms with van der Waals surface area (Å²) < 4.78 is 0. The van der Waals surface area contributed by atoms with Gasteiger partial charge in [-0.2, -0.15) is 4.98 Å². The molecule has 18 heavy (non-hydrogen) atoms. The topological polar surface area (TPSA) is 41.1 Å². The van der Waals surface area contributed by atoms with Crippen LogP contribution in [0.1, 0.15) is 39.8 Å².